The molecular formula is C10H14N2O. The molecule has 3 heteroatoms. The summed E-state index contributed by atoms with van der Waals surface area (Å²) in [5.74, 6) is 5.78. The van der Waals surface area contributed by atoms with E-state index in [-0.39, 0.29) is 12.6 Å². The first-order chi connectivity index (χ1) is 6.31. The third-order valence-electron chi connectivity index (χ3n) is 2.61. The van der Waals surface area contributed by atoms with Crippen LogP contribution < -0.4 is 5.84 Å². The smallest absolute Gasteiger partial charge is 0.0604 e. The highest BCUT2D eigenvalue weighted by molar-refractivity contribution is 5.29. The van der Waals surface area contributed by atoms with Crippen molar-refractivity contribution in [2.24, 2.45) is 5.84 Å². The fourth-order valence-electron chi connectivity index (χ4n) is 1.78. The first kappa shape index (κ1) is 8.69. The Bertz CT molecular complexity index is 301. The fourth-order valence-corrected chi connectivity index (χ4v) is 1.78. The van der Waals surface area contributed by atoms with Gasteiger partial charge in [-0.3, -0.25) is 5.84 Å². The second kappa shape index (κ2) is 3.46. The molecule has 1 atom stereocenters. The Morgan fingerprint density at radius 2 is 2.08 bits per heavy atom. The highest BCUT2D eigenvalue weighted by Gasteiger charge is 2.22. The van der Waals surface area contributed by atoms with E-state index in [2.05, 4.69) is 12.1 Å². The topological polar surface area (TPSA) is 49.5 Å². The summed E-state index contributed by atoms with van der Waals surface area (Å²) in [6.07, 6.45) is 0.850. The molecule has 0 saturated heterocycles. The molecular weight excluding hydrogens is 164 g/mol. The van der Waals surface area contributed by atoms with Crippen LogP contribution in [0.1, 0.15) is 11.1 Å². The normalized spacial score (nSPS) is 22.8. The molecule has 1 heterocycles. The number of benzene rings is 1. The third kappa shape index (κ3) is 1.58. The van der Waals surface area contributed by atoms with Crippen molar-refractivity contribution in [2.45, 2.75) is 19.0 Å². The van der Waals surface area contributed by atoms with Crippen LogP contribution in [0.15, 0.2) is 24.3 Å². The molecule has 0 aromatic heterocycles. The Labute approximate surface area is 77.7 Å². The van der Waals surface area contributed by atoms with E-state index >= 15 is 0 Å². The fraction of sp³-hybridized carbons (Fsp3) is 0.400. The van der Waals surface area contributed by atoms with Gasteiger partial charge in [-0.2, -0.15) is 0 Å². The van der Waals surface area contributed by atoms with Gasteiger partial charge in [-0.05, 0) is 17.5 Å². The summed E-state index contributed by atoms with van der Waals surface area (Å²) in [7, 11) is 0. The lowest BCUT2D eigenvalue weighted by Gasteiger charge is -2.32. The molecule has 0 bridgehead atoms. The van der Waals surface area contributed by atoms with Crippen LogP contribution in [0.25, 0.3) is 0 Å². The van der Waals surface area contributed by atoms with Crippen LogP contribution in [-0.2, 0) is 13.0 Å². The van der Waals surface area contributed by atoms with Crippen molar-refractivity contribution in [1.29, 1.82) is 0 Å². The van der Waals surface area contributed by atoms with Crippen LogP contribution in [0.4, 0.5) is 0 Å². The van der Waals surface area contributed by atoms with Crippen molar-refractivity contribution < 1.29 is 5.11 Å². The summed E-state index contributed by atoms with van der Waals surface area (Å²) < 4.78 is 0. The number of fused-ring (bicyclic) bond motifs is 1. The molecule has 1 aromatic rings. The van der Waals surface area contributed by atoms with Crippen LogP contribution in [0.2, 0.25) is 0 Å². The summed E-state index contributed by atoms with van der Waals surface area (Å²) in [6.45, 7) is 0.867. The Morgan fingerprint density at radius 1 is 1.38 bits per heavy atom. The Hall–Kier alpha value is -0.900. The van der Waals surface area contributed by atoms with Gasteiger partial charge in [-0.15, -0.1) is 0 Å². The van der Waals surface area contributed by atoms with Gasteiger partial charge in [0.1, 0.15) is 0 Å². The lowest BCUT2D eigenvalue weighted by atomic mass is 9.96. The van der Waals surface area contributed by atoms with E-state index in [4.69, 9.17) is 10.9 Å². The largest absolute Gasteiger partial charge is 0.395 e. The quantitative estimate of drug-likeness (QED) is 0.607. The van der Waals surface area contributed by atoms with Crippen LogP contribution in [-0.4, -0.2) is 22.8 Å². The standard InChI is InChI=1S/C10H14N2O/c11-12-6-9-4-2-1-3-8(9)5-10(12)7-13/h1-4,10,13H,5-7,11H2. The van der Waals surface area contributed by atoms with E-state index in [1.165, 1.54) is 11.1 Å². The van der Waals surface area contributed by atoms with Gasteiger partial charge in [-0.25, -0.2) is 5.01 Å². The number of hydrogen-bond acceptors (Lipinski definition) is 3. The minimum atomic E-state index is 0.0786. The van der Waals surface area contributed by atoms with Crippen molar-refractivity contribution >= 4 is 0 Å². The van der Waals surface area contributed by atoms with Crippen molar-refractivity contribution in [3.63, 3.8) is 0 Å². The lowest BCUT2D eigenvalue weighted by molar-refractivity contribution is 0.107. The van der Waals surface area contributed by atoms with Crippen LogP contribution >= 0.6 is 0 Å². The molecule has 3 N–H and O–H groups in total. The maximum atomic E-state index is 9.07. The maximum Gasteiger partial charge on any atom is 0.0604 e. The van der Waals surface area contributed by atoms with Crippen molar-refractivity contribution in [1.82, 2.24) is 5.01 Å². The zero-order valence-corrected chi connectivity index (χ0v) is 7.48. The predicted octanol–water partition coefficient (Wildman–Crippen LogP) is 0.279. The zero-order chi connectivity index (χ0) is 9.26. The van der Waals surface area contributed by atoms with Gasteiger partial charge in [-0.1, -0.05) is 24.3 Å². The van der Waals surface area contributed by atoms with Crippen molar-refractivity contribution in [3.05, 3.63) is 35.4 Å². The van der Waals surface area contributed by atoms with E-state index in [0.29, 0.717) is 0 Å². The van der Waals surface area contributed by atoms with Gasteiger partial charge in [0.25, 0.3) is 0 Å². The summed E-state index contributed by atoms with van der Waals surface area (Å²) in [4.78, 5) is 0. The number of nitrogens with zero attached hydrogens (tertiary/aromatic N) is 1. The van der Waals surface area contributed by atoms with Gasteiger partial charge in [0.05, 0.1) is 12.6 Å². The molecule has 0 aliphatic carbocycles. The SMILES string of the molecule is NN1Cc2ccccc2CC1CO. The van der Waals surface area contributed by atoms with Gasteiger partial charge in [0.15, 0.2) is 0 Å². The first-order valence-electron chi connectivity index (χ1n) is 4.50. The van der Waals surface area contributed by atoms with E-state index < -0.39 is 0 Å². The summed E-state index contributed by atoms with van der Waals surface area (Å²) in [5.41, 5.74) is 2.58. The number of aliphatic hydroxyl groups is 1. The van der Waals surface area contributed by atoms with Crippen molar-refractivity contribution in [2.75, 3.05) is 6.61 Å². The molecule has 70 valence electrons. The molecule has 0 saturated carbocycles. The van der Waals surface area contributed by atoms with Crippen LogP contribution in [0, 0.1) is 0 Å². The van der Waals surface area contributed by atoms with E-state index in [1.54, 1.807) is 5.01 Å². The average molecular weight is 178 g/mol. The van der Waals surface area contributed by atoms with Gasteiger partial charge >= 0.3 is 0 Å². The van der Waals surface area contributed by atoms with Crippen LogP contribution in [0.5, 0.6) is 0 Å². The molecule has 0 radical (unpaired) electrons. The molecule has 1 aromatic carbocycles. The Kier molecular flexibility index (Phi) is 2.31. The van der Waals surface area contributed by atoms with E-state index in [0.717, 1.165) is 13.0 Å². The number of nitrogens with two attached hydrogens (primary N) is 1. The molecule has 0 fully saturated rings. The van der Waals surface area contributed by atoms with Gasteiger partial charge < -0.3 is 5.11 Å². The molecule has 13 heavy (non-hydrogen) atoms. The van der Waals surface area contributed by atoms with Gasteiger partial charge in [0, 0.05) is 6.54 Å². The zero-order valence-electron chi connectivity index (χ0n) is 7.48. The first-order valence-corrected chi connectivity index (χ1v) is 4.50. The molecule has 1 unspecified atom stereocenters. The molecule has 0 amide bonds. The molecule has 2 rings (SSSR count). The number of aliphatic hydroxyl groups excluding tert-OH is 1. The summed E-state index contributed by atoms with van der Waals surface area (Å²) in [6, 6.07) is 8.31. The molecule has 3 nitrogen and oxygen atoms in total. The second-order valence-corrected chi connectivity index (χ2v) is 3.48. The highest BCUT2D eigenvalue weighted by Crippen LogP contribution is 2.20. The third-order valence-corrected chi connectivity index (χ3v) is 2.61. The lowest BCUT2D eigenvalue weighted by Crippen LogP contribution is -2.46. The highest BCUT2D eigenvalue weighted by atomic mass is 16.3. The maximum absolute atomic E-state index is 9.07. The summed E-state index contributed by atoms with van der Waals surface area (Å²) in [5, 5.41) is 10.8. The number of rotatable bonds is 1. The van der Waals surface area contributed by atoms with Gasteiger partial charge in [0.2, 0.25) is 0 Å². The Morgan fingerprint density at radius 3 is 2.77 bits per heavy atom. The van der Waals surface area contributed by atoms with E-state index in [1.807, 2.05) is 12.1 Å². The molecule has 1 aliphatic heterocycles. The van der Waals surface area contributed by atoms with Crippen LogP contribution in [0.3, 0.4) is 0 Å². The number of hydrazine groups is 1. The minimum absolute atomic E-state index is 0.0786. The molecule has 1 aliphatic rings. The average Bonchev–Trinajstić information content (AvgIpc) is 2.17. The Balaban J connectivity index is 2.27. The number of hydrogen-bond donors (Lipinski definition) is 2. The monoisotopic (exact) mass is 178 g/mol. The predicted molar refractivity (Wildman–Crippen MR) is 50.8 cm³/mol. The second-order valence-electron chi connectivity index (χ2n) is 3.48. The summed E-state index contributed by atoms with van der Waals surface area (Å²) >= 11 is 0. The minimum Gasteiger partial charge on any atom is -0.395 e. The van der Waals surface area contributed by atoms with Crippen molar-refractivity contribution in [3.8, 4) is 0 Å². The van der Waals surface area contributed by atoms with E-state index in [9.17, 15) is 0 Å². The molecule has 0 spiro atoms.